The molecule has 7 nitrogen and oxygen atoms in total. The largest absolute Gasteiger partial charge is 0.385 e. The fourth-order valence-corrected chi connectivity index (χ4v) is 5.16. The van der Waals surface area contributed by atoms with Gasteiger partial charge in [-0.2, -0.15) is 0 Å². The number of imidazole rings is 1. The summed E-state index contributed by atoms with van der Waals surface area (Å²) >= 11 is 0. The van der Waals surface area contributed by atoms with Crippen LogP contribution in [0.25, 0.3) is 11.0 Å². The summed E-state index contributed by atoms with van der Waals surface area (Å²) in [7, 11) is 0. The molecule has 2 aromatic carbocycles. The number of amides is 2. The summed E-state index contributed by atoms with van der Waals surface area (Å²) in [6.07, 6.45) is 3.42. The molecule has 7 heteroatoms. The molecule has 0 spiro atoms. The maximum absolute atomic E-state index is 13.3. The van der Waals surface area contributed by atoms with Crippen molar-refractivity contribution in [3.05, 3.63) is 66.0 Å². The lowest BCUT2D eigenvalue weighted by molar-refractivity contribution is -0.146. The average Bonchev–Trinajstić information content (AvgIpc) is 3.50. The van der Waals surface area contributed by atoms with Crippen molar-refractivity contribution in [2.45, 2.75) is 50.2 Å². The highest BCUT2D eigenvalue weighted by atomic mass is 16.3. The molecule has 1 aromatic heterocycles. The SMILES string of the molecule is O=C([C@H]1CCCN1C(=O)CCc1nc2ccccc2[nH]1)N1CCC(O)(c2ccccc2)CC1. The van der Waals surface area contributed by atoms with Crippen molar-refractivity contribution in [1.29, 1.82) is 0 Å². The molecule has 0 bridgehead atoms. The van der Waals surface area contributed by atoms with E-state index in [0.29, 0.717) is 51.7 Å². The zero-order valence-electron chi connectivity index (χ0n) is 18.7. The Bertz CT molecular complexity index is 1100. The number of hydrogen-bond donors (Lipinski definition) is 2. The summed E-state index contributed by atoms with van der Waals surface area (Å²) in [5, 5.41) is 11.1. The summed E-state index contributed by atoms with van der Waals surface area (Å²) in [4.78, 5) is 37.7. The number of rotatable bonds is 5. The van der Waals surface area contributed by atoms with Crippen molar-refractivity contribution in [2.75, 3.05) is 19.6 Å². The number of aromatic nitrogens is 2. The second-order valence-electron chi connectivity index (χ2n) is 9.17. The van der Waals surface area contributed by atoms with Crippen molar-refractivity contribution < 1.29 is 14.7 Å². The summed E-state index contributed by atoms with van der Waals surface area (Å²) < 4.78 is 0. The van der Waals surface area contributed by atoms with E-state index in [1.165, 1.54) is 0 Å². The van der Waals surface area contributed by atoms with E-state index in [4.69, 9.17) is 0 Å². The first-order chi connectivity index (χ1) is 16.0. The quantitative estimate of drug-likeness (QED) is 0.631. The van der Waals surface area contributed by atoms with E-state index in [2.05, 4.69) is 9.97 Å². The lowest BCUT2D eigenvalue weighted by Gasteiger charge is -2.40. The minimum atomic E-state index is -0.893. The highest BCUT2D eigenvalue weighted by molar-refractivity contribution is 5.88. The molecule has 0 unspecified atom stereocenters. The average molecular weight is 447 g/mol. The van der Waals surface area contributed by atoms with Crippen molar-refractivity contribution in [2.24, 2.45) is 0 Å². The topological polar surface area (TPSA) is 89.5 Å². The third kappa shape index (κ3) is 4.37. The second kappa shape index (κ2) is 8.98. The van der Waals surface area contributed by atoms with Crippen LogP contribution in [0, 0.1) is 0 Å². The molecule has 2 fully saturated rings. The Morgan fingerprint density at radius 2 is 1.76 bits per heavy atom. The van der Waals surface area contributed by atoms with Gasteiger partial charge in [0, 0.05) is 32.5 Å². The molecule has 5 rings (SSSR count). The predicted octanol–water partition coefficient (Wildman–Crippen LogP) is 3.00. The Morgan fingerprint density at radius 1 is 1.03 bits per heavy atom. The Balaban J connectivity index is 1.18. The highest BCUT2D eigenvalue weighted by Gasteiger charge is 2.40. The van der Waals surface area contributed by atoms with Crippen LogP contribution in [0.3, 0.4) is 0 Å². The number of piperidine rings is 1. The fraction of sp³-hybridized carbons (Fsp3) is 0.423. The molecule has 33 heavy (non-hydrogen) atoms. The minimum Gasteiger partial charge on any atom is -0.385 e. The number of aromatic amines is 1. The second-order valence-corrected chi connectivity index (χ2v) is 9.17. The maximum atomic E-state index is 13.3. The lowest BCUT2D eigenvalue weighted by atomic mass is 9.84. The van der Waals surface area contributed by atoms with E-state index < -0.39 is 11.6 Å². The number of nitrogens with one attached hydrogen (secondary N) is 1. The molecule has 2 N–H and O–H groups in total. The number of carbonyl (C=O) groups excluding carboxylic acids is 2. The highest BCUT2D eigenvalue weighted by Crippen LogP contribution is 2.33. The van der Waals surface area contributed by atoms with Crippen LogP contribution in [-0.4, -0.2) is 62.4 Å². The molecule has 0 saturated carbocycles. The number of nitrogens with zero attached hydrogens (tertiary/aromatic N) is 3. The Labute approximate surface area is 193 Å². The maximum Gasteiger partial charge on any atom is 0.245 e. The number of para-hydroxylation sites is 2. The number of carbonyl (C=O) groups is 2. The zero-order chi connectivity index (χ0) is 22.8. The number of fused-ring (bicyclic) bond motifs is 1. The normalized spacial score (nSPS) is 20.3. The standard InChI is InChI=1S/C26H30N4O3/c31-24(13-12-23-27-20-9-4-5-10-21(20)28-23)30-16-6-11-22(30)25(32)29-17-14-26(33,15-18-29)19-7-2-1-3-8-19/h1-5,7-10,22,33H,6,11-18H2,(H,27,28)/t22-/m1/s1. The first-order valence-electron chi connectivity index (χ1n) is 11.8. The van der Waals surface area contributed by atoms with Gasteiger partial charge in [0.1, 0.15) is 11.9 Å². The van der Waals surface area contributed by atoms with E-state index in [1.54, 1.807) is 4.90 Å². The molecular formula is C26H30N4O3. The van der Waals surface area contributed by atoms with Gasteiger partial charge in [-0.05, 0) is 43.4 Å². The van der Waals surface area contributed by atoms with Gasteiger partial charge in [0.05, 0.1) is 16.6 Å². The van der Waals surface area contributed by atoms with Gasteiger partial charge in [0.25, 0.3) is 0 Å². The number of aliphatic hydroxyl groups is 1. The Kier molecular flexibility index (Phi) is 5.89. The first kappa shape index (κ1) is 21.6. The lowest BCUT2D eigenvalue weighted by Crippen LogP contribution is -2.52. The van der Waals surface area contributed by atoms with Gasteiger partial charge >= 0.3 is 0 Å². The van der Waals surface area contributed by atoms with E-state index in [-0.39, 0.29) is 11.8 Å². The Hall–Kier alpha value is -3.19. The fourth-order valence-electron chi connectivity index (χ4n) is 5.16. The number of aryl methyl sites for hydroxylation is 1. The van der Waals surface area contributed by atoms with Crippen molar-refractivity contribution in [3.63, 3.8) is 0 Å². The van der Waals surface area contributed by atoms with Crippen molar-refractivity contribution in [3.8, 4) is 0 Å². The predicted molar refractivity (Wildman–Crippen MR) is 125 cm³/mol. The van der Waals surface area contributed by atoms with E-state index in [1.807, 2.05) is 59.5 Å². The third-order valence-electron chi connectivity index (χ3n) is 7.09. The molecule has 2 aliphatic rings. The molecule has 1 atom stereocenters. The molecule has 2 aliphatic heterocycles. The molecule has 3 heterocycles. The van der Waals surface area contributed by atoms with Gasteiger partial charge < -0.3 is 19.9 Å². The number of likely N-dealkylation sites (tertiary alicyclic amines) is 2. The van der Waals surface area contributed by atoms with Crippen LogP contribution in [0.4, 0.5) is 0 Å². The van der Waals surface area contributed by atoms with Crippen LogP contribution in [0.15, 0.2) is 54.6 Å². The first-order valence-corrected chi connectivity index (χ1v) is 11.8. The number of H-pyrrole nitrogens is 1. The van der Waals surface area contributed by atoms with Crippen LogP contribution < -0.4 is 0 Å². The molecular weight excluding hydrogens is 416 g/mol. The van der Waals surface area contributed by atoms with Gasteiger partial charge in [-0.25, -0.2) is 4.98 Å². The van der Waals surface area contributed by atoms with Gasteiger partial charge in [-0.15, -0.1) is 0 Å². The Morgan fingerprint density at radius 3 is 2.52 bits per heavy atom. The summed E-state index contributed by atoms with van der Waals surface area (Å²) in [5.41, 5.74) is 1.88. The summed E-state index contributed by atoms with van der Waals surface area (Å²) in [6.45, 7) is 1.63. The van der Waals surface area contributed by atoms with E-state index in [9.17, 15) is 14.7 Å². The van der Waals surface area contributed by atoms with Crippen LogP contribution in [0.1, 0.15) is 43.5 Å². The van der Waals surface area contributed by atoms with Crippen molar-refractivity contribution in [1.82, 2.24) is 19.8 Å². The summed E-state index contributed by atoms with van der Waals surface area (Å²) in [6, 6.07) is 17.1. The van der Waals surface area contributed by atoms with Gasteiger partial charge in [-0.1, -0.05) is 42.5 Å². The smallest absolute Gasteiger partial charge is 0.245 e. The van der Waals surface area contributed by atoms with Crippen LogP contribution in [-0.2, 0) is 21.6 Å². The molecule has 172 valence electrons. The van der Waals surface area contributed by atoms with E-state index in [0.717, 1.165) is 28.8 Å². The van der Waals surface area contributed by atoms with E-state index >= 15 is 0 Å². The van der Waals surface area contributed by atoms with Gasteiger partial charge in [0.2, 0.25) is 11.8 Å². The number of benzene rings is 2. The van der Waals surface area contributed by atoms with Crippen molar-refractivity contribution >= 4 is 22.8 Å². The zero-order valence-corrected chi connectivity index (χ0v) is 18.7. The molecule has 0 radical (unpaired) electrons. The molecule has 2 amide bonds. The summed E-state index contributed by atoms with van der Waals surface area (Å²) in [5.74, 6) is 0.812. The molecule has 2 saturated heterocycles. The van der Waals surface area contributed by atoms with Gasteiger partial charge in [-0.3, -0.25) is 9.59 Å². The van der Waals surface area contributed by atoms with Crippen LogP contribution in [0.5, 0.6) is 0 Å². The minimum absolute atomic E-state index is 0.00380. The van der Waals surface area contributed by atoms with Gasteiger partial charge in [0.15, 0.2) is 0 Å². The molecule has 3 aromatic rings. The number of hydrogen-bond acceptors (Lipinski definition) is 4. The third-order valence-corrected chi connectivity index (χ3v) is 7.09. The van der Waals surface area contributed by atoms with Crippen LogP contribution in [0.2, 0.25) is 0 Å². The monoisotopic (exact) mass is 446 g/mol. The molecule has 0 aliphatic carbocycles. The van der Waals surface area contributed by atoms with Crippen LogP contribution >= 0.6 is 0 Å².